The number of nitrogens with zero attached hydrogens (tertiary/aromatic N) is 3. The molecule has 3 fully saturated rings. The summed E-state index contributed by atoms with van der Waals surface area (Å²) in [5.41, 5.74) is 0.665. The number of hydrogen-bond donors (Lipinski definition) is 1. The largest absolute Gasteiger partial charge is 0.504 e. The summed E-state index contributed by atoms with van der Waals surface area (Å²) in [6, 6.07) is 7.31. The van der Waals surface area contributed by atoms with Gasteiger partial charge in [-0.1, -0.05) is 0 Å². The molecule has 3 unspecified atom stereocenters. The smallest absolute Gasteiger partial charge is 0.490 e. The molecule has 3 aliphatic rings. The van der Waals surface area contributed by atoms with Crippen molar-refractivity contribution in [3.8, 4) is 5.75 Å². The Morgan fingerprint density at radius 1 is 1.15 bits per heavy atom. The van der Waals surface area contributed by atoms with E-state index in [0.717, 1.165) is 37.9 Å². The van der Waals surface area contributed by atoms with E-state index in [9.17, 15) is 22.4 Å². The molecule has 3 saturated carbocycles. The van der Waals surface area contributed by atoms with Crippen molar-refractivity contribution in [1.82, 2.24) is 14.8 Å². The molecular formula is C24H22F4N4O2. The van der Waals surface area contributed by atoms with Crippen molar-refractivity contribution in [2.45, 2.75) is 38.1 Å². The molecular weight excluding hydrogens is 452 g/mol. The molecule has 3 aliphatic carbocycles. The highest BCUT2D eigenvalue weighted by Crippen LogP contribution is 2.64. The van der Waals surface area contributed by atoms with Gasteiger partial charge in [0.1, 0.15) is 11.6 Å². The van der Waals surface area contributed by atoms with Crippen molar-refractivity contribution in [3.63, 3.8) is 0 Å². The van der Waals surface area contributed by atoms with Crippen LogP contribution in [0.4, 0.5) is 23.4 Å². The van der Waals surface area contributed by atoms with E-state index in [1.807, 2.05) is 0 Å². The van der Waals surface area contributed by atoms with Crippen LogP contribution in [-0.4, -0.2) is 26.8 Å². The summed E-state index contributed by atoms with van der Waals surface area (Å²) in [4.78, 5) is 17.3. The topological polar surface area (TPSA) is 69.0 Å². The molecule has 2 aromatic heterocycles. The van der Waals surface area contributed by atoms with Gasteiger partial charge in [0.25, 0.3) is 0 Å². The van der Waals surface area contributed by atoms with Gasteiger partial charge in [0.15, 0.2) is 5.82 Å². The molecule has 6 nitrogen and oxygen atoms in total. The highest BCUT2D eigenvalue weighted by atomic mass is 19.4. The monoisotopic (exact) mass is 474 g/mol. The van der Waals surface area contributed by atoms with E-state index in [4.69, 9.17) is 4.74 Å². The van der Waals surface area contributed by atoms with E-state index in [1.54, 1.807) is 18.3 Å². The lowest BCUT2D eigenvalue weighted by Crippen LogP contribution is -2.29. The van der Waals surface area contributed by atoms with Gasteiger partial charge in [0.2, 0.25) is 5.91 Å². The van der Waals surface area contributed by atoms with E-state index < -0.39 is 6.30 Å². The molecule has 0 radical (unpaired) electrons. The standard InChI is InChI=1S/C24H22F4N4O2/c25-13-3-4-18-17(9-13)19(5-7-29-18)34-14-10-15-16(11-14)22(15)21(12-1-2-12)23(33)30-20-6-8-32(31-20)24(26,27)28/h3-9,12,14-16,21-22H,1-2,10-11H2,(H,30,31,33)/t14?,15-,16+,21?,22?. The summed E-state index contributed by atoms with van der Waals surface area (Å²) in [6.45, 7) is 0. The van der Waals surface area contributed by atoms with Crippen LogP contribution in [0.15, 0.2) is 42.7 Å². The highest BCUT2D eigenvalue weighted by Gasteiger charge is 2.63. The number of ether oxygens (including phenoxy) is 1. The number of anilines is 1. The number of carbonyl (C=O) groups excluding carboxylic acids is 1. The molecule has 178 valence electrons. The fourth-order valence-electron chi connectivity index (χ4n) is 5.75. The Kier molecular flexibility index (Phi) is 4.82. The van der Waals surface area contributed by atoms with Crippen molar-refractivity contribution in [3.05, 3.63) is 48.5 Å². The van der Waals surface area contributed by atoms with Crippen LogP contribution in [0.3, 0.4) is 0 Å². The van der Waals surface area contributed by atoms with Crippen LogP contribution in [0, 0.1) is 35.4 Å². The number of aromatic nitrogens is 3. The summed E-state index contributed by atoms with van der Waals surface area (Å²) >= 11 is 0. The minimum absolute atomic E-state index is 0.0227. The molecule has 0 saturated heterocycles. The predicted octanol–water partition coefficient (Wildman–Crippen LogP) is 5.12. The van der Waals surface area contributed by atoms with Crippen LogP contribution in [0.2, 0.25) is 0 Å². The SMILES string of the molecule is O=C(Nc1ccn(C(F)(F)F)n1)C(C1CC1)C1[C@H]2CC(Oc3ccnc4ccc(F)cc34)C[C@@H]12. The van der Waals surface area contributed by atoms with Gasteiger partial charge in [-0.2, -0.15) is 4.68 Å². The molecule has 34 heavy (non-hydrogen) atoms. The van der Waals surface area contributed by atoms with Gasteiger partial charge in [0, 0.05) is 29.8 Å². The zero-order valence-corrected chi connectivity index (χ0v) is 18.0. The molecule has 6 rings (SSSR count). The predicted molar refractivity (Wildman–Crippen MR) is 114 cm³/mol. The summed E-state index contributed by atoms with van der Waals surface area (Å²) in [5.74, 6) is 0.873. The van der Waals surface area contributed by atoms with Gasteiger partial charge in [-0.25, -0.2) is 4.39 Å². The number of pyridine rings is 1. The van der Waals surface area contributed by atoms with E-state index >= 15 is 0 Å². The molecule has 0 spiro atoms. The average Bonchev–Trinajstić information content (AvgIpc) is 3.61. The van der Waals surface area contributed by atoms with Crippen LogP contribution in [0.5, 0.6) is 5.75 Å². The molecule has 5 atom stereocenters. The van der Waals surface area contributed by atoms with Crippen molar-refractivity contribution >= 4 is 22.6 Å². The first-order valence-corrected chi connectivity index (χ1v) is 11.4. The number of fused-ring (bicyclic) bond motifs is 2. The zero-order valence-electron chi connectivity index (χ0n) is 18.0. The number of alkyl halides is 3. The lowest BCUT2D eigenvalue weighted by atomic mass is 9.91. The van der Waals surface area contributed by atoms with Crippen LogP contribution < -0.4 is 10.1 Å². The van der Waals surface area contributed by atoms with Crippen LogP contribution in [-0.2, 0) is 11.1 Å². The number of amides is 1. The summed E-state index contributed by atoms with van der Waals surface area (Å²) < 4.78 is 58.2. The summed E-state index contributed by atoms with van der Waals surface area (Å²) in [5, 5.41) is 6.66. The van der Waals surface area contributed by atoms with Crippen molar-refractivity contribution in [2.24, 2.45) is 29.6 Å². The third kappa shape index (κ3) is 3.88. The summed E-state index contributed by atoms with van der Waals surface area (Å²) in [7, 11) is 0. The first kappa shape index (κ1) is 21.4. The van der Waals surface area contributed by atoms with Gasteiger partial charge in [-0.05, 0) is 73.6 Å². The zero-order chi connectivity index (χ0) is 23.6. The Morgan fingerprint density at radius 2 is 1.91 bits per heavy atom. The Labute approximate surface area is 192 Å². The molecule has 1 N–H and O–H groups in total. The number of nitrogens with one attached hydrogen (secondary N) is 1. The highest BCUT2D eigenvalue weighted by molar-refractivity contribution is 5.92. The maximum Gasteiger partial charge on any atom is 0.504 e. The number of hydrogen-bond acceptors (Lipinski definition) is 4. The maximum absolute atomic E-state index is 13.7. The minimum atomic E-state index is -4.62. The van der Waals surface area contributed by atoms with Gasteiger partial charge >= 0.3 is 6.30 Å². The second kappa shape index (κ2) is 7.68. The molecule has 0 bridgehead atoms. The molecule has 10 heteroatoms. The second-order valence-corrected chi connectivity index (χ2v) is 9.55. The number of carbonyl (C=O) groups is 1. The normalized spacial score (nSPS) is 26.8. The van der Waals surface area contributed by atoms with Crippen LogP contribution >= 0.6 is 0 Å². The van der Waals surface area contributed by atoms with Crippen molar-refractivity contribution < 1.29 is 27.1 Å². The Morgan fingerprint density at radius 3 is 2.59 bits per heavy atom. The molecule has 3 aromatic rings. The molecule has 2 heterocycles. The minimum Gasteiger partial charge on any atom is -0.490 e. The maximum atomic E-state index is 13.7. The Balaban J connectivity index is 1.11. The third-order valence-electron chi connectivity index (χ3n) is 7.37. The van der Waals surface area contributed by atoms with Gasteiger partial charge in [0.05, 0.1) is 11.6 Å². The lowest BCUT2D eigenvalue weighted by Gasteiger charge is -2.22. The fraction of sp³-hybridized carbons (Fsp3) is 0.458. The van der Waals surface area contributed by atoms with Crippen LogP contribution in [0.1, 0.15) is 25.7 Å². The van der Waals surface area contributed by atoms with E-state index in [2.05, 4.69) is 15.4 Å². The van der Waals surface area contributed by atoms with Crippen molar-refractivity contribution in [1.29, 1.82) is 0 Å². The molecule has 1 aromatic carbocycles. The van der Waals surface area contributed by atoms with Crippen molar-refractivity contribution in [2.75, 3.05) is 5.32 Å². The van der Waals surface area contributed by atoms with Crippen LogP contribution in [0.25, 0.3) is 10.9 Å². The first-order valence-electron chi connectivity index (χ1n) is 11.4. The van der Waals surface area contributed by atoms with Gasteiger partial charge in [-0.3, -0.25) is 9.78 Å². The summed E-state index contributed by atoms with van der Waals surface area (Å²) in [6.07, 6.45) is 1.31. The fourth-order valence-corrected chi connectivity index (χ4v) is 5.75. The third-order valence-corrected chi connectivity index (χ3v) is 7.37. The Bertz CT molecular complexity index is 1240. The van der Waals surface area contributed by atoms with E-state index in [-0.39, 0.29) is 46.1 Å². The average molecular weight is 474 g/mol. The first-order chi connectivity index (χ1) is 16.3. The number of halogens is 4. The van der Waals surface area contributed by atoms with E-state index in [0.29, 0.717) is 28.5 Å². The lowest BCUT2D eigenvalue weighted by molar-refractivity contribution is -0.212. The second-order valence-electron chi connectivity index (χ2n) is 9.55. The Hall–Kier alpha value is -3.17. The quantitative estimate of drug-likeness (QED) is 0.504. The number of rotatable bonds is 6. The van der Waals surface area contributed by atoms with Gasteiger partial charge < -0.3 is 10.1 Å². The van der Waals surface area contributed by atoms with Gasteiger partial charge in [-0.15, -0.1) is 18.3 Å². The van der Waals surface area contributed by atoms with E-state index in [1.165, 1.54) is 12.1 Å². The number of benzene rings is 1. The molecule has 0 aliphatic heterocycles. The molecule has 1 amide bonds.